The van der Waals surface area contributed by atoms with E-state index in [1.165, 1.54) is 24.7 Å². The minimum absolute atomic E-state index is 0.0717. The van der Waals surface area contributed by atoms with E-state index in [1.54, 1.807) is 0 Å². The summed E-state index contributed by atoms with van der Waals surface area (Å²) in [5, 5.41) is 0. The van der Waals surface area contributed by atoms with Crippen LogP contribution in [0.15, 0.2) is 66.8 Å². The predicted molar refractivity (Wildman–Crippen MR) is 122 cm³/mol. The fourth-order valence-corrected chi connectivity index (χ4v) is 4.18. The highest BCUT2D eigenvalue weighted by Gasteiger charge is 2.22. The van der Waals surface area contributed by atoms with Crippen molar-refractivity contribution < 1.29 is 9.53 Å². The highest BCUT2D eigenvalue weighted by molar-refractivity contribution is 5.69. The van der Waals surface area contributed by atoms with Gasteiger partial charge in [-0.25, -0.2) is 0 Å². The molecule has 0 saturated carbocycles. The van der Waals surface area contributed by atoms with Crippen LogP contribution in [0.2, 0.25) is 0 Å². The van der Waals surface area contributed by atoms with Crippen LogP contribution >= 0.6 is 0 Å². The Morgan fingerprint density at radius 2 is 2.00 bits per heavy atom. The third kappa shape index (κ3) is 8.02. The lowest BCUT2D eigenvalue weighted by Crippen LogP contribution is -2.35. The normalized spacial score (nSPS) is 17.4. The molecule has 1 aliphatic heterocycles. The molecular formula is C26H37NO2. The van der Waals surface area contributed by atoms with Gasteiger partial charge in [0, 0.05) is 12.3 Å². The number of likely N-dealkylation sites (tertiary alicyclic amines) is 1. The predicted octanol–water partition coefficient (Wildman–Crippen LogP) is 5.90. The SMILES string of the molecule is C=CC/C=C\C(=C/C)C(CCCN1CCC(CC(=O)OC)CC1)c1ccccc1. The Hall–Kier alpha value is -2.13. The molecule has 1 unspecified atom stereocenters. The Kier molecular flexibility index (Phi) is 10.5. The summed E-state index contributed by atoms with van der Waals surface area (Å²) in [7, 11) is 1.48. The number of rotatable bonds is 11. The second-order valence-electron chi connectivity index (χ2n) is 7.89. The van der Waals surface area contributed by atoms with E-state index in [0.29, 0.717) is 18.3 Å². The maximum atomic E-state index is 11.5. The van der Waals surface area contributed by atoms with Crippen LogP contribution in [0.25, 0.3) is 0 Å². The zero-order valence-corrected chi connectivity index (χ0v) is 18.2. The van der Waals surface area contributed by atoms with E-state index in [9.17, 15) is 4.79 Å². The molecule has 3 heteroatoms. The molecule has 0 spiro atoms. The number of benzene rings is 1. The number of piperidine rings is 1. The number of methoxy groups -OCH3 is 1. The van der Waals surface area contributed by atoms with Crippen LogP contribution in [-0.4, -0.2) is 37.6 Å². The quantitative estimate of drug-likeness (QED) is 0.265. The average Bonchev–Trinajstić information content (AvgIpc) is 2.76. The molecule has 1 heterocycles. The number of hydrogen-bond donors (Lipinski definition) is 0. The molecule has 29 heavy (non-hydrogen) atoms. The van der Waals surface area contributed by atoms with Crippen molar-refractivity contribution >= 4 is 5.97 Å². The molecule has 0 bridgehead atoms. The van der Waals surface area contributed by atoms with Gasteiger partial charge in [-0.2, -0.15) is 0 Å². The number of ether oxygens (including phenoxy) is 1. The molecular weight excluding hydrogens is 358 g/mol. The van der Waals surface area contributed by atoms with Crippen molar-refractivity contribution in [3.63, 3.8) is 0 Å². The molecule has 1 aliphatic rings. The second-order valence-corrected chi connectivity index (χ2v) is 7.89. The van der Waals surface area contributed by atoms with Gasteiger partial charge in [0.25, 0.3) is 0 Å². The molecule has 1 atom stereocenters. The molecule has 0 aromatic heterocycles. The summed E-state index contributed by atoms with van der Waals surface area (Å²) >= 11 is 0. The Bertz CT molecular complexity index is 669. The first-order valence-corrected chi connectivity index (χ1v) is 11.0. The number of carbonyl (C=O) groups excluding carboxylic acids is 1. The fraction of sp³-hybridized carbons (Fsp3) is 0.500. The van der Waals surface area contributed by atoms with Crippen molar-refractivity contribution in [1.29, 1.82) is 0 Å². The Morgan fingerprint density at radius 3 is 2.62 bits per heavy atom. The van der Waals surface area contributed by atoms with Gasteiger partial charge < -0.3 is 9.64 Å². The van der Waals surface area contributed by atoms with E-state index >= 15 is 0 Å². The van der Waals surface area contributed by atoms with Crippen molar-refractivity contribution in [3.05, 3.63) is 72.4 Å². The van der Waals surface area contributed by atoms with Crippen LogP contribution in [-0.2, 0) is 9.53 Å². The molecule has 1 aromatic rings. The summed E-state index contributed by atoms with van der Waals surface area (Å²) in [6, 6.07) is 10.8. The number of allylic oxidation sites excluding steroid dienone is 5. The van der Waals surface area contributed by atoms with Gasteiger partial charge in [-0.05, 0) is 75.7 Å². The number of nitrogens with zero attached hydrogens (tertiary/aromatic N) is 1. The lowest BCUT2D eigenvalue weighted by Gasteiger charge is -2.32. The molecule has 0 amide bonds. The van der Waals surface area contributed by atoms with Crippen molar-refractivity contribution in [2.45, 2.75) is 51.4 Å². The molecule has 0 N–H and O–H groups in total. The van der Waals surface area contributed by atoms with Gasteiger partial charge in [-0.15, -0.1) is 6.58 Å². The maximum absolute atomic E-state index is 11.5. The lowest BCUT2D eigenvalue weighted by atomic mass is 9.86. The summed E-state index contributed by atoms with van der Waals surface area (Å²) < 4.78 is 4.81. The summed E-state index contributed by atoms with van der Waals surface area (Å²) in [5.41, 5.74) is 2.77. The van der Waals surface area contributed by atoms with Crippen molar-refractivity contribution in [3.8, 4) is 0 Å². The van der Waals surface area contributed by atoms with Gasteiger partial charge in [0.05, 0.1) is 7.11 Å². The number of hydrogen-bond acceptors (Lipinski definition) is 3. The minimum atomic E-state index is -0.0717. The van der Waals surface area contributed by atoms with Crippen LogP contribution in [0.5, 0.6) is 0 Å². The molecule has 3 nitrogen and oxygen atoms in total. The van der Waals surface area contributed by atoms with Crippen LogP contribution in [0.3, 0.4) is 0 Å². The zero-order chi connectivity index (χ0) is 20.9. The monoisotopic (exact) mass is 395 g/mol. The van der Waals surface area contributed by atoms with E-state index < -0.39 is 0 Å². The fourth-order valence-electron chi connectivity index (χ4n) is 4.18. The maximum Gasteiger partial charge on any atom is 0.305 e. The zero-order valence-electron chi connectivity index (χ0n) is 18.2. The standard InChI is InChI=1S/C26H37NO2/c1-4-6-8-12-23(5-2)25(24-13-9-7-10-14-24)15-11-18-27-19-16-22(17-20-27)21-26(28)29-3/h4-5,7-10,12-14,22,25H,1,6,11,15-21H2,2-3H3/b12-8-,23-5+. The molecule has 158 valence electrons. The molecule has 0 aliphatic carbocycles. The summed E-state index contributed by atoms with van der Waals surface area (Å²) in [6.07, 6.45) is 14.6. The van der Waals surface area contributed by atoms with Gasteiger partial charge in [0.15, 0.2) is 0 Å². The van der Waals surface area contributed by atoms with E-state index in [2.05, 4.69) is 67.0 Å². The summed E-state index contributed by atoms with van der Waals surface area (Å²) in [4.78, 5) is 14.0. The lowest BCUT2D eigenvalue weighted by molar-refractivity contribution is -0.142. The number of esters is 1. The highest BCUT2D eigenvalue weighted by atomic mass is 16.5. The first kappa shape index (κ1) is 23.2. The van der Waals surface area contributed by atoms with Crippen molar-refractivity contribution in [2.75, 3.05) is 26.7 Å². The van der Waals surface area contributed by atoms with E-state index in [0.717, 1.165) is 45.3 Å². The van der Waals surface area contributed by atoms with Crippen LogP contribution in [0, 0.1) is 5.92 Å². The third-order valence-corrected chi connectivity index (χ3v) is 5.91. The molecule has 1 aromatic carbocycles. The summed E-state index contributed by atoms with van der Waals surface area (Å²) in [6.45, 7) is 9.25. The first-order chi connectivity index (χ1) is 14.2. The smallest absolute Gasteiger partial charge is 0.305 e. The average molecular weight is 396 g/mol. The van der Waals surface area contributed by atoms with Crippen molar-refractivity contribution in [1.82, 2.24) is 4.90 Å². The third-order valence-electron chi connectivity index (χ3n) is 5.91. The van der Waals surface area contributed by atoms with E-state index in [1.807, 2.05) is 6.08 Å². The van der Waals surface area contributed by atoms with Gasteiger partial charge in [0.1, 0.15) is 0 Å². The van der Waals surface area contributed by atoms with Crippen LogP contribution in [0.4, 0.5) is 0 Å². The van der Waals surface area contributed by atoms with Gasteiger partial charge in [0.2, 0.25) is 0 Å². The van der Waals surface area contributed by atoms with Gasteiger partial charge in [-0.1, -0.05) is 54.6 Å². The Labute approximate surface area is 177 Å². The number of carbonyl (C=O) groups is 1. The first-order valence-electron chi connectivity index (χ1n) is 11.0. The highest BCUT2D eigenvalue weighted by Crippen LogP contribution is 2.31. The molecule has 0 radical (unpaired) electrons. The molecule has 1 saturated heterocycles. The topological polar surface area (TPSA) is 29.5 Å². The minimum Gasteiger partial charge on any atom is -0.469 e. The molecule has 2 rings (SSSR count). The van der Waals surface area contributed by atoms with Crippen LogP contribution in [0.1, 0.15) is 56.9 Å². The second kappa shape index (κ2) is 13.2. The van der Waals surface area contributed by atoms with Gasteiger partial charge >= 0.3 is 5.97 Å². The largest absolute Gasteiger partial charge is 0.469 e. The van der Waals surface area contributed by atoms with Gasteiger partial charge in [-0.3, -0.25) is 4.79 Å². The summed E-state index contributed by atoms with van der Waals surface area (Å²) in [5.74, 6) is 0.845. The van der Waals surface area contributed by atoms with Crippen molar-refractivity contribution in [2.24, 2.45) is 5.92 Å². The molecule has 1 fully saturated rings. The van der Waals surface area contributed by atoms with Crippen LogP contribution < -0.4 is 0 Å². The van der Waals surface area contributed by atoms with E-state index in [4.69, 9.17) is 4.74 Å². The Balaban J connectivity index is 1.88. The Morgan fingerprint density at radius 1 is 1.28 bits per heavy atom. The van der Waals surface area contributed by atoms with E-state index in [-0.39, 0.29) is 5.97 Å².